The van der Waals surface area contributed by atoms with Crippen LogP contribution in [0.25, 0.3) is 0 Å². The highest BCUT2D eigenvalue weighted by Gasteiger charge is 2.12. The number of rotatable bonds is 8. The highest BCUT2D eigenvalue weighted by Crippen LogP contribution is 2.17. The molecule has 0 saturated carbocycles. The first kappa shape index (κ1) is 14.2. The van der Waals surface area contributed by atoms with Crippen molar-refractivity contribution in [2.75, 3.05) is 19.8 Å². The Morgan fingerprint density at radius 2 is 1.94 bits per heavy atom. The van der Waals surface area contributed by atoms with Gasteiger partial charge in [-0.15, -0.1) is 0 Å². The van der Waals surface area contributed by atoms with Gasteiger partial charge in [0.1, 0.15) is 0 Å². The summed E-state index contributed by atoms with van der Waals surface area (Å²) in [7, 11) is 0. The first-order valence-electron chi connectivity index (χ1n) is 6.66. The molecule has 0 aromatic heterocycles. The molecule has 0 bridgehead atoms. The van der Waals surface area contributed by atoms with Gasteiger partial charge in [0.25, 0.3) is 0 Å². The van der Waals surface area contributed by atoms with Crippen molar-refractivity contribution in [3.63, 3.8) is 0 Å². The van der Waals surface area contributed by atoms with E-state index in [9.17, 15) is 0 Å². The second kappa shape index (κ2) is 8.26. The largest absolute Gasteiger partial charge is 0.379 e. The molecular formula is C15H25NO. The number of ether oxygens (including phenoxy) is 1. The van der Waals surface area contributed by atoms with Crippen LogP contribution in [0, 0.1) is 6.92 Å². The molecule has 0 aliphatic rings. The Labute approximate surface area is 105 Å². The summed E-state index contributed by atoms with van der Waals surface area (Å²) in [6.45, 7) is 9.14. The predicted octanol–water partition coefficient (Wildman–Crippen LogP) is 3.46. The molecule has 1 aromatic carbocycles. The van der Waals surface area contributed by atoms with Crippen LogP contribution in [-0.2, 0) is 4.74 Å². The summed E-state index contributed by atoms with van der Waals surface area (Å²) in [6, 6.07) is 8.86. The van der Waals surface area contributed by atoms with Gasteiger partial charge in [0.2, 0.25) is 0 Å². The van der Waals surface area contributed by atoms with Crippen molar-refractivity contribution >= 4 is 0 Å². The number of nitrogens with one attached hydrogen (secondary N) is 1. The summed E-state index contributed by atoms with van der Waals surface area (Å²) in [5.41, 5.74) is 2.69. The second-order valence-corrected chi connectivity index (χ2v) is 4.44. The highest BCUT2D eigenvalue weighted by atomic mass is 16.5. The molecule has 0 saturated heterocycles. The van der Waals surface area contributed by atoms with E-state index >= 15 is 0 Å². The van der Waals surface area contributed by atoms with Crippen LogP contribution >= 0.6 is 0 Å². The van der Waals surface area contributed by atoms with E-state index in [1.807, 2.05) is 0 Å². The van der Waals surface area contributed by atoms with Crippen LogP contribution in [0.15, 0.2) is 24.3 Å². The minimum atomic E-state index is 0.322. The van der Waals surface area contributed by atoms with E-state index in [1.54, 1.807) is 0 Å². The zero-order valence-corrected chi connectivity index (χ0v) is 11.3. The maximum absolute atomic E-state index is 5.69. The van der Waals surface area contributed by atoms with Gasteiger partial charge in [-0.3, -0.25) is 0 Å². The summed E-state index contributed by atoms with van der Waals surface area (Å²) < 4.78 is 5.69. The molecule has 0 heterocycles. The summed E-state index contributed by atoms with van der Waals surface area (Å²) in [5.74, 6) is 0. The first-order valence-corrected chi connectivity index (χ1v) is 6.66. The van der Waals surface area contributed by atoms with Crippen LogP contribution < -0.4 is 5.32 Å². The SMILES string of the molecule is CCCNC(COCCC)c1ccccc1C. The Bertz CT molecular complexity index is 312. The van der Waals surface area contributed by atoms with Gasteiger partial charge in [-0.05, 0) is 37.4 Å². The van der Waals surface area contributed by atoms with Crippen molar-refractivity contribution in [1.29, 1.82) is 0 Å². The van der Waals surface area contributed by atoms with Crippen LogP contribution in [0.3, 0.4) is 0 Å². The zero-order chi connectivity index (χ0) is 12.5. The van der Waals surface area contributed by atoms with Gasteiger partial charge < -0.3 is 10.1 Å². The van der Waals surface area contributed by atoms with Crippen LogP contribution in [0.2, 0.25) is 0 Å². The fourth-order valence-corrected chi connectivity index (χ4v) is 1.90. The summed E-state index contributed by atoms with van der Waals surface area (Å²) in [4.78, 5) is 0. The molecular weight excluding hydrogens is 210 g/mol. The van der Waals surface area contributed by atoms with E-state index in [2.05, 4.69) is 50.4 Å². The van der Waals surface area contributed by atoms with Crippen LogP contribution in [0.5, 0.6) is 0 Å². The number of benzene rings is 1. The van der Waals surface area contributed by atoms with E-state index in [1.165, 1.54) is 11.1 Å². The van der Waals surface area contributed by atoms with Crippen LogP contribution in [0.4, 0.5) is 0 Å². The minimum Gasteiger partial charge on any atom is -0.379 e. The Hall–Kier alpha value is -0.860. The topological polar surface area (TPSA) is 21.3 Å². The molecule has 17 heavy (non-hydrogen) atoms. The zero-order valence-electron chi connectivity index (χ0n) is 11.3. The molecule has 0 aliphatic carbocycles. The third-order valence-electron chi connectivity index (χ3n) is 2.84. The fraction of sp³-hybridized carbons (Fsp3) is 0.600. The van der Waals surface area contributed by atoms with Crippen molar-refractivity contribution in [3.05, 3.63) is 35.4 Å². The lowest BCUT2D eigenvalue weighted by Crippen LogP contribution is -2.27. The summed E-state index contributed by atoms with van der Waals surface area (Å²) >= 11 is 0. The van der Waals surface area contributed by atoms with Crippen LogP contribution in [0.1, 0.15) is 43.9 Å². The van der Waals surface area contributed by atoms with Gasteiger partial charge in [-0.2, -0.15) is 0 Å². The van der Waals surface area contributed by atoms with Gasteiger partial charge in [-0.25, -0.2) is 0 Å². The lowest BCUT2D eigenvalue weighted by molar-refractivity contribution is 0.112. The van der Waals surface area contributed by atoms with E-state index in [-0.39, 0.29) is 0 Å². The molecule has 0 aliphatic heterocycles. The van der Waals surface area contributed by atoms with Gasteiger partial charge in [0.15, 0.2) is 0 Å². The maximum Gasteiger partial charge on any atom is 0.0661 e. The van der Waals surface area contributed by atoms with Crippen molar-refractivity contribution in [1.82, 2.24) is 5.32 Å². The highest BCUT2D eigenvalue weighted by molar-refractivity contribution is 5.28. The Balaban J connectivity index is 2.64. The molecule has 1 rings (SSSR count). The number of aryl methyl sites for hydroxylation is 1. The van der Waals surface area contributed by atoms with E-state index < -0.39 is 0 Å². The standard InChI is InChI=1S/C15H25NO/c1-4-10-16-15(12-17-11-5-2)14-9-7-6-8-13(14)3/h6-9,15-16H,4-5,10-12H2,1-3H3. The van der Waals surface area contributed by atoms with Crippen molar-refractivity contribution in [3.8, 4) is 0 Å². The second-order valence-electron chi connectivity index (χ2n) is 4.44. The van der Waals surface area contributed by atoms with E-state index in [4.69, 9.17) is 4.74 Å². The number of hydrogen-bond donors (Lipinski definition) is 1. The smallest absolute Gasteiger partial charge is 0.0661 e. The third-order valence-corrected chi connectivity index (χ3v) is 2.84. The predicted molar refractivity (Wildman–Crippen MR) is 73.3 cm³/mol. The molecule has 0 spiro atoms. The average molecular weight is 235 g/mol. The molecule has 0 amide bonds. The van der Waals surface area contributed by atoms with Crippen molar-refractivity contribution in [2.45, 2.75) is 39.7 Å². The Morgan fingerprint density at radius 1 is 1.18 bits per heavy atom. The normalized spacial score (nSPS) is 12.6. The number of hydrogen-bond acceptors (Lipinski definition) is 2. The van der Waals surface area contributed by atoms with E-state index in [0.29, 0.717) is 6.04 Å². The van der Waals surface area contributed by atoms with Crippen molar-refractivity contribution < 1.29 is 4.74 Å². The van der Waals surface area contributed by atoms with Gasteiger partial charge >= 0.3 is 0 Å². The molecule has 1 unspecified atom stereocenters. The minimum absolute atomic E-state index is 0.322. The van der Waals surface area contributed by atoms with Crippen LogP contribution in [-0.4, -0.2) is 19.8 Å². The molecule has 2 heteroatoms. The summed E-state index contributed by atoms with van der Waals surface area (Å²) in [6.07, 6.45) is 2.23. The fourth-order valence-electron chi connectivity index (χ4n) is 1.90. The lowest BCUT2D eigenvalue weighted by atomic mass is 10.0. The quantitative estimate of drug-likeness (QED) is 0.697. The Kier molecular flexibility index (Phi) is 6.90. The maximum atomic E-state index is 5.69. The molecule has 1 aromatic rings. The third kappa shape index (κ3) is 4.88. The lowest BCUT2D eigenvalue weighted by Gasteiger charge is -2.20. The molecule has 0 radical (unpaired) electrons. The van der Waals surface area contributed by atoms with Crippen molar-refractivity contribution in [2.24, 2.45) is 0 Å². The monoisotopic (exact) mass is 235 g/mol. The molecule has 1 atom stereocenters. The van der Waals surface area contributed by atoms with Gasteiger partial charge in [-0.1, -0.05) is 38.1 Å². The molecule has 1 N–H and O–H groups in total. The summed E-state index contributed by atoms with van der Waals surface area (Å²) in [5, 5.41) is 3.56. The van der Waals surface area contributed by atoms with Gasteiger partial charge in [0.05, 0.1) is 12.6 Å². The molecule has 2 nitrogen and oxygen atoms in total. The Morgan fingerprint density at radius 3 is 2.59 bits per heavy atom. The average Bonchev–Trinajstić information content (AvgIpc) is 2.35. The molecule has 96 valence electrons. The van der Waals surface area contributed by atoms with E-state index in [0.717, 1.165) is 32.6 Å². The van der Waals surface area contributed by atoms with Gasteiger partial charge in [0, 0.05) is 6.61 Å². The first-order chi connectivity index (χ1) is 8.29. The molecule has 0 fully saturated rings.